The second-order valence-electron chi connectivity index (χ2n) is 4.46. The second kappa shape index (κ2) is 6.13. The average Bonchev–Trinajstić information content (AvgIpc) is 2.80. The van der Waals surface area contributed by atoms with Crippen LogP contribution in [0.5, 0.6) is 0 Å². The topological polar surface area (TPSA) is 66.6 Å². The number of carbonyl (C=O) groups excluding carboxylic acids is 1. The van der Waals surface area contributed by atoms with E-state index in [1.165, 1.54) is 0 Å². The number of hydrogen-bond donors (Lipinski definition) is 1. The number of halogens is 3. The van der Waals surface area contributed by atoms with Crippen molar-refractivity contribution >= 4 is 16.9 Å². The normalized spacial score (nSPS) is 11.8. The molecular formula is C13H13F3N2O3. The first kappa shape index (κ1) is 15.3. The molecule has 21 heavy (non-hydrogen) atoms. The first-order valence-electron chi connectivity index (χ1n) is 6.19. The molecule has 0 fully saturated rings. The Morgan fingerprint density at radius 2 is 2.05 bits per heavy atom. The number of hydrogen-bond acceptors (Lipinski definition) is 4. The van der Waals surface area contributed by atoms with Gasteiger partial charge in [-0.3, -0.25) is 4.79 Å². The van der Waals surface area contributed by atoms with Gasteiger partial charge in [0.2, 0.25) is 5.91 Å². The van der Waals surface area contributed by atoms with Gasteiger partial charge in [0.15, 0.2) is 5.58 Å². The van der Waals surface area contributed by atoms with Crippen LogP contribution in [-0.2, 0) is 11.2 Å². The molecule has 0 atom stereocenters. The Hall–Kier alpha value is -2.09. The molecule has 0 aliphatic rings. The van der Waals surface area contributed by atoms with Crippen molar-refractivity contribution < 1.29 is 27.6 Å². The van der Waals surface area contributed by atoms with Gasteiger partial charge in [-0.05, 0) is 12.1 Å². The van der Waals surface area contributed by atoms with Crippen LogP contribution >= 0.6 is 0 Å². The van der Waals surface area contributed by atoms with Gasteiger partial charge < -0.3 is 14.5 Å². The van der Waals surface area contributed by atoms with Gasteiger partial charge in [-0.25, -0.2) is 0 Å². The van der Waals surface area contributed by atoms with Crippen LogP contribution in [0.2, 0.25) is 0 Å². The van der Waals surface area contributed by atoms with Crippen molar-refractivity contribution in [1.82, 2.24) is 10.1 Å². The molecule has 1 N–H and O–H groups in total. The Kier molecular flexibility index (Phi) is 4.46. The minimum Gasteiger partial charge on any atom is -0.395 e. The first-order chi connectivity index (χ1) is 9.90. The highest BCUT2D eigenvalue weighted by molar-refractivity contribution is 5.86. The van der Waals surface area contributed by atoms with E-state index in [2.05, 4.69) is 5.16 Å². The molecule has 1 aromatic heterocycles. The third-order valence-electron chi connectivity index (χ3n) is 2.86. The fraction of sp³-hybridized carbons (Fsp3) is 0.385. The number of para-hydroxylation sites is 1. The summed E-state index contributed by atoms with van der Waals surface area (Å²) in [4.78, 5) is 12.5. The van der Waals surface area contributed by atoms with Crippen molar-refractivity contribution in [2.75, 3.05) is 19.7 Å². The van der Waals surface area contributed by atoms with E-state index in [1.54, 1.807) is 24.3 Å². The van der Waals surface area contributed by atoms with Gasteiger partial charge in [0.1, 0.15) is 12.2 Å². The summed E-state index contributed by atoms with van der Waals surface area (Å²) in [5.74, 6) is -0.763. The summed E-state index contributed by atoms with van der Waals surface area (Å²) in [6.07, 6.45) is -4.83. The Labute approximate surface area is 117 Å². The lowest BCUT2D eigenvalue weighted by Crippen LogP contribution is -2.41. The molecule has 0 saturated heterocycles. The van der Waals surface area contributed by atoms with Crippen LogP contribution in [0.15, 0.2) is 28.8 Å². The third-order valence-corrected chi connectivity index (χ3v) is 2.86. The van der Waals surface area contributed by atoms with Gasteiger partial charge in [0.05, 0.1) is 13.0 Å². The van der Waals surface area contributed by atoms with Crippen molar-refractivity contribution in [2.45, 2.75) is 12.6 Å². The quantitative estimate of drug-likeness (QED) is 0.914. The van der Waals surface area contributed by atoms with Crippen LogP contribution in [0.1, 0.15) is 5.69 Å². The molecule has 1 aromatic carbocycles. The zero-order valence-electron chi connectivity index (χ0n) is 10.9. The largest absolute Gasteiger partial charge is 0.406 e. The molecule has 0 unspecified atom stereocenters. The number of alkyl halides is 3. The van der Waals surface area contributed by atoms with E-state index in [1.807, 2.05) is 0 Å². The fourth-order valence-corrected chi connectivity index (χ4v) is 1.95. The molecule has 0 bridgehead atoms. The molecule has 1 heterocycles. The maximum absolute atomic E-state index is 12.4. The molecule has 1 amide bonds. The van der Waals surface area contributed by atoms with Gasteiger partial charge in [-0.1, -0.05) is 17.3 Å². The number of aliphatic hydroxyl groups excluding tert-OH is 1. The molecule has 2 aromatic rings. The van der Waals surface area contributed by atoms with E-state index in [-0.39, 0.29) is 18.7 Å². The van der Waals surface area contributed by atoms with E-state index in [9.17, 15) is 18.0 Å². The molecular weight excluding hydrogens is 289 g/mol. The van der Waals surface area contributed by atoms with Gasteiger partial charge in [-0.2, -0.15) is 13.2 Å². The van der Waals surface area contributed by atoms with Crippen molar-refractivity contribution in [2.24, 2.45) is 0 Å². The van der Waals surface area contributed by atoms with Gasteiger partial charge >= 0.3 is 6.18 Å². The number of rotatable bonds is 5. The average molecular weight is 302 g/mol. The predicted octanol–water partition coefficient (Wildman–Crippen LogP) is 1.75. The Balaban J connectivity index is 2.14. The summed E-state index contributed by atoms with van der Waals surface area (Å²) in [6.45, 7) is -2.32. The number of aromatic nitrogens is 1. The molecule has 0 aliphatic carbocycles. The summed E-state index contributed by atoms with van der Waals surface area (Å²) < 4.78 is 42.2. The summed E-state index contributed by atoms with van der Waals surface area (Å²) in [5.41, 5.74) is 0.741. The maximum Gasteiger partial charge on any atom is 0.406 e. The molecule has 0 saturated carbocycles. The van der Waals surface area contributed by atoms with Crippen LogP contribution in [-0.4, -0.2) is 46.9 Å². The summed E-state index contributed by atoms with van der Waals surface area (Å²) >= 11 is 0. The third kappa shape index (κ3) is 3.94. The summed E-state index contributed by atoms with van der Waals surface area (Å²) in [5, 5.41) is 13.1. The number of amides is 1. The lowest BCUT2D eigenvalue weighted by atomic mass is 10.1. The van der Waals surface area contributed by atoms with Crippen LogP contribution in [0, 0.1) is 0 Å². The molecule has 0 radical (unpaired) electrons. The van der Waals surface area contributed by atoms with Crippen molar-refractivity contribution in [3.8, 4) is 0 Å². The molecule has 2 rings (SSSR count). The van der Waals surface area contributed by atoms with E-state index >= 15 is 0 Å². The van der Waals surface area contributed by atoms with Crippen LogP contribution in [0.4, 0.5) is 13.2 Å². The highest BCUT2D eigenvalue weighted by Crippen LogP contribution is 2.20. The lowest BCUT2D eigenvalue weighted by Gasteiger charge is -2.22. The second-order valence-corrected chi connectivity index (χ2v) is 4.46. The highest BCUT2D eigenvalue weighted by Gasteiger charge is 2.33. The van der Waals surface area contributed by atoms with Gasteiger partial charge in [0, 0.05) is 11.9 Å². The number of fused-ring (bicyclic) bond motifs is 1. The smallest absolute Gasteiger partial charge is 0.395 e. The van der Waals surface area contributed by atoms with E-state index in [4.69, 9.17) is 9.63 Å². The van der Waals surface area contributed by atoms with Gasteiger partial charge in [0.25, 0.3) is 0 Å². The van der Waals surface area contributed by atoms with E-state index < -0.39 is 25.2 Å². The number of carbonyl (C=O) groups is 1. The van der Waals surface area contributed by atoms with Crippen LogP contribution < -0.4 is 0 Å². The van der Waals surface area contributed by atoms with Gasteiger partial charge in [-0.15, -0.1) is 0 Å². The molecule has 5 nitrogen and oxygen atoms in total. The van der Waals surface area contributed by atoms with Crippen LogP contribution in [0.25, 0.3) is 11.0 Å². The Morgan fingerprint density at radius 3 is 2.71 bits per heavy atom. The summed E-state index contributed by atoms with van der Waals surface area (Å²) in [6, 6.07) is 6.77. The fourth-order valence-electron chi connectivity index (χ4n) is 1.95. The SMILES string of the molecule is O=C(Cc1noc2ccccc12)N(CCO)CC(F)(F)F. The molecule has 114 valence electrons. The molecule has 0 spiro atoms. The predicted molar refractivity (Wildman–Crippen MR) is 67.4 cm³/mol. The van der Waals surface area contributed by atoms with Crippen molar-refractivity contribution in [3.63, 3.8) is 0 Å². The molecule has 0 aliphatic heterocycles. The standard InChI is InChI=1S/C13H13F3N2O3/c14-13(15,16)8-18(5-6-19)12(20)7-10-9-3-1-2-4-11(9)21-17-10/h1-4,19H,5-8H2. The Morgan fingerprint density at radius 1 is 1.33 bits per heavy atom. The Bertz CT molecular complexity index is 624. The summed E-state index contributed by atoms with van der Waals surface area (Å²) in [7, 11) is 0. The minimum absolute atomic E-state index is 0.278. The van der Waals surface area contributed by atoms with E-state index in [0.717, 1.165) is 0 Å². The highest BCUT2D eigenvalue weighted by atomic mass is 19.4. The van der Waals surface area contributed by atoms with Crippen LogP contribution in [0.3, 0.4) is 0 Å². The van der Waals surface area contributed by atoms with Crippen molar-refractivity contribution in [3.05, 3.63) is 30.0 Å². The van der Waals surface area contributed by atoms with E-state index in [0.29, 0.717) is 15.9 Å². The number of nitrogens with zero attached hydrogens (tertiary/aromatic N) is 2. The number of benzene rings is 1. The van der Waals surface area contributed by atoms with Crippen molar-refractivity contribution in [1.29, 1.82) is 0 Å². The molecule has 8 heteroatoms. The monoisotopic (exact) mass is 302 g/mol. The zero-order valence-corrected chi connectivity index (χ0v) is 10.9. The number of aliphatic hydroxyl groups is 1. The zero-order chi connectivity index (χ0) is 15.5. The maximum atomic E-state index is 12.4. The first-order valence-corrected chi connectivity index (χ1v) is 6.19. The minimum atomic E-state index is -4.52. The lowest BCUT2D eigenvalue weighted by molar-refractivity contribution is -0.161.